The van der Waals surface area contributed by atoms with Gasteiger partial charge < -0.3 is 25.8 Å². The number of anilines is 2. The second-order valence-electron chi connectivity index (χ2n) is 8.19. The Kier molecular flexibility index (Phi) is 7.74. The Balaban J connectivity index is 1.54. The number of primary amides is 1. The van der Waals surface area contributed by atoms with Gasteiger partial charge in [0.2, 0.25) is 0 Å². The zero-order chi connectivity index (χ0) is 24.8. The van der Waals surface area contributed by atoms with Crippen LogP contribution in [-0.4, -0.2) is 63.8 Å². The number of imidazole rings is 1. The molecule has 3 amide bonds. The Labute approximate surface area is 207 Å². The highest BCUT2D eigenvalue weighted by Gasteiger charge is 2.26. The lowest BCUT2D eigenvalue weighted by molar-refractivity contribution is 0.0952. The number of hydrogen-bond acceptors (Lipinski definition) is 6. The SMILES string of the molecule is NC(=O)c1nc[nH]c1C(=O)N(CCN1CCCCC1)c1ccc(NC(=O)c2ccccc2Cl)nc1. The number of benzene rings is 1. The molecule has 1 saturated heterocycles. The fraction of sp³-hybridized carbons (Fsp3) is 0.292. The van der Waals surface area contributed by atoms with Crippen molar-refractivity contribution in [1.82, 2.24) is 19.9 Å². The van der Waals surface area contributed by atoms with Gasteiger partial charge in [-0.2, -0.15) is 0 Å². The lowest BCUT2D eigenvalue weighted by Crippen LogP contribution is -2.41. The third-order valence-corrected chi connectivity index (χ3v) is 6.17. The first-order valence-electron chi connectivity index (χ1n) is 11.3. The molecule has 0 unspecified atom stereocenters. The molecule has 0 atom stereocenters. The number of aromatic amines is 1. The highest BCUT2D eigenvalue weighted by Crippen LogP contribution is 2.21. The van der Waals surface area contributed by atoms with Crippen molar-refractivity contribution >= 4 is 40.8 Å². The average Bonchev–Trinajstić information content (AvgIpc) is 3.36. The van der Waals surface area contributed by atoms with Gasteiger partial charge in [0.25, 0.3) is 17.7 Å². The van der Waals surface area contributed by atoms with Gasteiger partial charge in [-0.05, 0) is 50.2 Å². The molecule has 0 aliphatic carbocycles. The van der Waals surface area contributed by atoms with Crippen molar-refractivity contribution in [3.8, 4) is 0 Å². The van der Waals surface area contributed by atoms with Crippen molar-refractivity contribution in [2.45, 2.75) is 19.3 Å². The van der Waals surface area contributed by atoms with Gasteiger partial charge in [0.05, 0.1) is 28.8 Å². The van der Waals surface area contributed by atoms with E-state index in [4.69, 9.17) is 17.3 Å². The molecule has 1 aromatic carbocycles. The molecular formula is C24H26ClN7O3. The summed E-state index contributed by atoms with van der Waals surface area (Å²) in [4.78, 5) is 52.4. The van der Waals surface area contributed by atoms with E-state index >= 15 is 0 Å². The average molecular weight is 496 g/mol. The molecule has 1 aliphatic heterocycles. The van der Waals surface area contributed by atoms with Crippen LogP contribution in [0.3, 0.4) is 0 Å². The molecule has 4 N–H and O–H groups in total. The van der Waals surface area contributed by atoms with Crippen molar-refractivity contribution in [1.29, 1.82) is 0 Å². The first-order chi connectivity index (χ1) is 16.9. The number of H-pyrrole nitrogens is 1. The van der Waals surface area contributed by atoms with Crippen LogP contribution < -0.4 is 16.0 Å². The molecule has 1 aliphatic rings. The van der Waals surface area contributed by atoms with Crippen molar-refractivity contribution in [2.24, 2.45) is 5.73 Å². The number of amides is 3. The molecule has 182 valence electrons. The fourth-order valence-corrected chi connectivity index (χ4v) is 4.22. The van der Waals surface area contributed by atoms with E-state index in [1.54, 1.807) is 36.4 Å². The van der Waals surface area contributed by atoms with E-state index in [1.807, 2.05) is 0 Å². The van der Waals surface area contributed by atoms with Crippen LogP contribution in [0.4, 0.5) is 11.5 Å². The fourth-order valence-electron chi connectivity index (χ4n) is 4.00. The molecule has 0 radical (unpaired) electrons. The summed E-state index contributed by atoms with van der Waals surface area (Å²) in [5.41, 5.74) is 6.13. The number of likely N-dealkylation sites (tertiary alicyclic amines) is 1. The lowest BCUT2D eigenvalue weighted by Gasteiger charge is -2.30. The van der Waals surface area contributed by atoms with Crippen LogP contribution in [0.5, 0.6) is 0 Å². The summed E-state index contributed by atoms with van der Waals surface area (Å²) in [6.07, 6.45) is 6.22. The summed E-state index contributed by atoms with van der Waals surface area (Å²) in [7, 11) is 0. The summed E-state index contributed by atoms with van der Waals surface area (Å²) in [5.74, 6) is -1.32. The molecule has 0 bridgehead atoms. The number of nitrogens with zero attached hydrogens (tertiary/aromatic N) is 4. The molecule has 1 fully saturated rings. The maximum Gasteiger partial charge on any atom is 0.277 e. The number of pyridine rings is 1. The predicted molar refractivity (Wildman–Crippen MR) is 133 cm³/mol. The minimum absolute atomic E-state index is 0.0206. The summed E-state index contributed by atoms with van der Waals surface area (Å²) < 4.78 is 0. The van der Waals surface area contributed by atoms with Gasteiger partial charge in [0, 0.05) is 13.1 Å². The van der Waals surface area contributed by atoms with Crippen molar-refractivity contribution in [3.05, 3.63) is 70.9 Å². The van der Waals surface area contributed by atoms with Crippen LogP contribution in [0.25, 0.3) is 0 Å². The summed E-state index contributed by atoms with van der Waals surface area (Å²) in [6.45, 7) is 2.99. The topological polar surface area (TPSA) is 137 Å². The van der Waals surface area contributed by atoms with Gasteiger partial charge in [0.1, 0.15) is 11.5 Å². The second kappa shape index (κ2) is 11.1. The Morgan fingerprint density at radius 3 is 2.54 bits per heavy atom. The highest BCUT2D eigenvalue weighted by molar-refractivity contribution is 6.34. The standard InChI is InChI=1S/C24H26ClN7O3/c25-18-7-3-2-6-17(18)23(34)30-19-9-8-16(14-27-19)32(13-12-31-10-4-1-5-11-31)24(35)21-20(22(26)33)28-15-29-21/h2-3,6-9,14-15H,1,4-5,10-13H2,(H2,26,33)(H,28,29)(H,27,30,34). The smallest absolute Gasteiger partial charge is 0.277 e. The van der Waals surface area contributed by atoms with E-state index in [0.29, 0.717) is 35.2 Å². The molecular weight excluding hydrogens is 470 g/mol. The number of halogens is 1. The number of hydrogen-bond donors (Lipinski definition) is 3. The van der Waals surface area contributed by atoms with E-state index in [9.17, 15) is 14.4 Å². The van der Waals surface area contributed by atoms with Gasteiger partial charge in [-0.15, -0.1) is 0 Å². The van der Waals surface area contributed by atoms with E-state index in [2.05, 4.69) is 25.2 Å². The molecule has 3 heterocycles. The molecule has 35 heavy (non-hydrogen) atoms. The largest absolute Gasteiger partial charge is 0.364 e. The first kappa shape index (κ1) is 24.4. The molecule has 10 nitrogen and oxygen atoms in total. The maximum atomic E-state index is 13.4. The van der Waals surface area contributed by atoms with Crippen LogP contribution in [0.2, 0.25) is 5.02 Å². The Morgan fingerprint density at radius 1 is 1.09 bits per heavy atom. The second-order valence-corrected chi connectivity index (χ2v) is 8.59. The van der Waals surface area contributed by atoms with Crippen molar-refractivity contribution in [2.75, 3.05) is 36.4 Å². The normalized spacial score (nSPS) is 13.9. The van der Waals surface area contributed by atoms with Gasteiger partial charge >= 0.3 is 0 Å². The molecule has 11 heteroatoms. The summed E-state index contributed by atoms with van der Waals surface area (Å²) in [5, 5.41) is 3.04. The molecule has 3 aromatic rings. The number of carbonyl (C=O) groups is 3. The maximum absolute atomic E-state index is 13.4. The lowest BCUT2D eigenvalue weighted by atomic mass is 10.1. The van der Waals surface area contributed by atoms with Crippen LogP contribution in [0, 0.1) is 0 Å². The predicted octanol–water partition coefficient (Wildman–Crippen LogP) is 2.94. The minimum atomic E-state index is -0.790. The van der Waals surface area contributed by atoms with Crippen molar-refractivity contribution in [3.63, 3.8) is 0 Å². The third kappa shape index (κ3) is 5.84. The molecule has 0 spiro atoms. The summed E-state index contributed by atoms with van der Waals surface area (Å²) in [6, 6.07) is 10.0. The van der Waals surface area contributed by atoms with Gasteiger partial charge in [0.15, 0.2) is 5.69 Å². The zero-order valence-corrected chi connectivity index (χ0v) is 19.8. The third-order valence-electron chi connectivity index (χ3n) is 5.84. The monoisotopic (exact) mass is 495 g/mol. The number of aromatic nitrogens is 3. The van der Waals surface area contributed by atoms with E-state index in [-0.39, 0.29) is 11.4 Å². The Bertz CT molecular complexity index is 1210. The summed E-state index contributed by atoms with van der Waals surface area (Å²) >= 11 is 6.10. The number of rotatable bonds is 8. The molecule has 4 rings (SSSR count). The van der Waals surface area contributed by atoms with E-state index < -0.39 is 17.7 Å². The van der Waals surface area contributed by atoms with E-state index in [1.165, 1.54) is 23.8 Å². The number of nitrogens with two attached hydrogens (primary N) is 1. The van der Waals surface area contributed by atoms with Crippen LogP contribution in [0.15, 0.2) is 48.9 Å². The van der Waals surface area contributed by atoms with E-state index in [0.717, 1.165) is 25.9 Å². The highest BCUT2D eigenvalue weighted by atomic mass is 35.5. The number of carbonyl (C=O) groups excluding carboxylic acids is 3. The first-order valence-corrected chi connectivity index (χ1v) is 11.7. The van der Waals surface area contributed by atoms with Gasteiger partial charge in [-0.3, -0.25) is 14.4 Å². The van der Waals surface area contributed by atoms with Gasteiger partial charge in [-0.1, -0.05) is 30.2 Å². The zero-order valence-electron chi connectivity index (χ0n) is 19.0. The minimum Gasteiger partial charge on any atom is -0.364 e. The molecule has 0 saturated carbocycles. The molecule has 2 aromatic heterocycles. The number of nitrogens with one attached hydrogen (secondary N) is 2. The van der Waals surface area contributed by atoms with Crippen molar-refractivity contribution < 1.29 is 14.4 Å². The van der Waals surface area contributed by atoms with Crippen LogP contribution >= 0.6 is 11.6 Å². The Hall–Kier alpha value is -3.76. The van der Waals surface area contributed by atoms with Gasteiger partial charge in [-0.25, -0.2) is 9.97 Å². The quantitative estimate of drug-likeness (QED) is 0.439. The van der Waals surface area contributed by atoms with Crippen LogP contribution in [0.1, 0.15) is 50.6 Å². The van der Waals surface area contributed by atoms with Crippen LogP contribution in [-0.2, 0) is 0 Å². The Morgan fingerprint density at radius 2 is 1.86 bits per heavy atom. The number of piperidine rings is 1.